The summed E-state index contributed by atoms with van der Waals surface area (Å²) in [5, 5.41) is 13.8. The van der Waals surface area contributed by atoms with Crippen molar-refractivity contribution in [2.75, 3.05) is 18.2 Å². The Morgan fingerprint density at radius 1 is 1.19 bits per heavy atom. The van der Waals surface area contributed by atoms with Crippen molar-refractivity contribution in [2.24, 2.45) is 5.73 Å². The normalized spacial score (nSPS) is 11.7. The van der Waals surface area contributed by atoms with Crippen LogP contribution in [0.15, 0.2) is 60.8 Å². The number of primary amides is 1. The maximum atomic E-state index is 12.9. The van der Waals surface area contributed by atoms with Crippen LogP contribution in [-0.4, -0.2) is 38.1 Å². The lowest BCUT2D eigenvalue weighted by atomic mass is 10.1. The molecule has 0 fully saturated rings. The summed E-state index contributed by atoms with van der Waals surface area (Å²) in [4.78, 5) is 28.1. The highest BCUT2D eigenvalue weighted by Crippen LogP contribution is 2.27. The molecule has 1 unspecified atom stereocenters. The highest BCUT2D eigenvalue weighted by atomic mass is 35.5. The number of nitrogens with one attached hydrogen (secondary N) is 2. The number of nitriles is 1. The molecule has 2 amide bonds. The molecule has 36 heavy (non-hydrogen) atoms. The van der Waals surface area contributed by atoms with Gasteiger partial charge in [-0.3, -0.25) is 14.6 Å². The van der Waals surface area contributed by atoms with Gasteiger partial charge in [0.25, 0.3) is 11.8 Å². The van der Waals surface area contributed by atoms with Crippen LogP contribution in [0.1, 0.15) is 32.6 Å². The predicted molar refractivity (Wildman–Crippen MR) is 134 cm³/mol. The standard InChI is InChI=1S/C24H22ClN5O5S/c1-36(33,34)24(20-4-2-3-7-28-20)30-19-10-17(9-18(25)11-19)23(32)29-13-16-6-5-15(12-26)8-21(16)35-14-22(27)31/h2-11,24,30H,13-14H2,1H3,(H2,27,31)(H,29,32). The third-order valence-electron chi connectivity index (χ3n) is 4.85. The maximum absolute atomic E-state index is 12.9. The van der Waals surface area contributed by atoms with Crippen LogP contribution in [0, 0.1) is 11.3 Å². The number of nitrogens with two attached hydrogens (primary N) is 1. The number of benzene rings is 2. The van der Waals surface area contributed by atoms with Crippen molar-refractivity contribution in [1.82, 2.24) is 10.3 Å². The molecular formula is C24H22ClN5O5S. The van der Waals surface area contributed by atoms with Crippen molar-refractivity contribution in [3.63, 3.8) is 0 Å². The van der Waals surface area contributed by atoms with E-state index < -0.39 is 33.6 Å². The lowest BCUT2D eigenvalue weighted by Gasteiger charge is -2.18. The minimum atomic E-state index is -3.62. The van der Waals surface area contributed by atoms with Crippen LogP contribution >= 0.6 is 11.6 Å². The summed E-state index contributed by atoms with van der Waals surface area (Å²) in [5.74, 6) is -0.961. The summed E-state index contributed by atoms with van der Waals surface area (Å²) in [6.07, 6.45) is 2.56. The van der Waals surface area contributed by atoms with E-state index in [0.29, 0.717) is 16.8 Å². The third kappa shape index (κ3) is 7.18. The number of carbonyl (C=O) groups excluding carboxylic acids is 2. The van der Waals surface area contributed by atoms with Crippen molar-refractivity contribution in [1.29, 1.82) is 5.26 Å². The Morgan fingerprint density at radius 3 is 2.61 bits per heavy atom. The number of hydrogen-bond donors (Lipinski definition) is 3. The van der Waals surface area contributed by atoms with E-state index >= 15 is 0 Å². The lowest BCUT2D eigenvalue weighted by Crippen LogP contribution is -2.25. The predicted octanol–water partition coefficient (Wildman–Crippen LogP) is 2.56. The monoisotopic (exact) mass is 527 g/mol. The first-order chi connectivity index (χ1) is 17.1. The highest BCUT2D eigenvalue weighted by molar-refractivity contribution is 7.91. The topological polar surface area (TPSA) is 164 Å². The minimum absolute atomic E-state index is 0.00775. The molecule has 0 bridgehead atoms. The molecule has 0 saturated carbocycles. The highest BCUT2D eigenvalue weighted by Gasteiger charge is 2.24. The van der Waals surface area contributed by atoms with Crippen LogP contribution < -0.4 is 21.1 Å². The zero-order valence-corrected chi connectivity index (χ0v) is 20.6. The molecule has 2 aromatic carbocycles. The summed E-state index contributed by atoms with van der Waals surface area (Å²) in [7, 11) is -3.62. The molecule has 0 aliphatic rings. The first-order valence-corrected chi connectivity index (χ1v) is 12.8. The molecule has 12 heteroatoms. The summed E-state index contributed by atoms with van der Waals surface area (Å²) in [6, 6.07) is 15.8. The van der Waals surface area contributed by atoms with Gasteiger partial charge in [0.05, 0.1) is 17.3 Å². The Morgan fingerprint density at radius 2 is 1.97 bits per heavy atom. The molecule has 10 nitrogen and oxygen atoms in total. The van der Waals surface area contributed by atoms with Crippen LogP contribution in [-0.2, 0) is 21.2 Å². The van der Waals surface area contributed by atoms with Crippen molar-refractivity contribution in [3.05, 3.63) is 88.2 Å². The van der Waals surface area contributed by atoms with E-state index in [1.54, 1.807) is 30.3 Å². The van der Waals surface area contributed by atoms with Gasteiger partial charge in [0, 0.05) is 40.8 Å². The Bertz CT molecular complexity index is 1420. The average molecular weight is 528 g/mol. The largest absolute Gasteiger partial charge is 0.483 e. The zero-order valence-electron chi connectivity index (χ0n) is 19.1. The van der Waals surface area contributed by atoms with Gasteiger partial charge in [0.15, 0.2) is 21.8 Å². The van der Waals surface area contributed by atoms with Gasteiger partial charge in [0.2, 0.25) is 0 Å². The fraction of sp³-hybridized carbons (Fsp3) is 0.167. The molecule has 0 aliphatic carbocycles. The molecule has 0 saturated heterocycles. The molecule has 0 radical (unpaired) electrons. The van der Waals surface area contributed by atoms with Gasteiger partial charge in [-0.05, 0) is 42.5 Å². The second-order valence-electron chi connectivity index (χ2n) is 7.71. The molecule has 3 rings (SSSR count). The maximum Gasteiger partial charge on any atom is 0.255 e. The summed E-state index contributed by atoms with van der Waals surface area (Å²) >= 11 is 6.21. The lowest BCUT2D eigenvalue weighted by molar-refractivity contribution is -0.119. The Kier molecular flexibility index (Phi) is 8.47. The van der Waals surface area contributed by atoms with Gasteiger partial charge in [-0.2, -0.15) is 5.26 Å². The number of halogens is 1. The van der Waals surface area contributed by atoms with Crippen LogP contribution in [0.4, 0.5) is 5.69 Å². The van der Waals surface area contributed by atoms with E-state index in [-0.39, 0.29) is 28.6 Å². The summed E-state index contributed by atoms with van der Waals surface area (Å²) in [5.41, 5.74) is 6.71. The van der Waals surface area contributed by atoms with Gasteiger partial charge < -0.3 is 21.1 Å². The number of amides is 2. The smallest absolute Gasteiger partial charge is 0.255 e. The molecule has 3 aromatic rings. The molecule has 186 valence electrons. The second kappa shape index (κ2) is 11.5. The molecule has 0 aliphatic heterocycles. The van der Waals surface area contributed by atoms with Crippen molar-refractivity contribution >= 4 is 38.9 Å². The van der Waals surface area contributed by atoms with Gasteiger partial charge >= 0.3 is 0 Å². The van der Waals surface area contributed by atoms with Crippen LogP contribution in [0.2, 0.25) is 5.02 Å². The van der Waals surface area contributed by atoms with E-state index in [1.807, 2.05) is 6.07 Å². The molecule has 1 aromatic heterocycles. The zero-order chi connectivity index (χ0) is 26.3. The minimum Gasteiger partial charge on any atom is -0.483 e. The van der Waals surface area contributed by atoms with E-state index in [9.17, 15) is 18.0 Å². The number of anilines is 1. The quantitative estimate of drug-likeness (QED) is 0.362. The molecular weight excluding hydrogens is 506 g/mol. The third-order valence-corrected chi connectivity index (χ3v) is 6.28. The van der Waals surface area contributed by atoms with E-state index in [4.69, 9.17) is 27.3 Å². The van der Waals surface area contributed by atoms with E-state index in [0.717, 1.165) is 6.26 Å². The van der Waals surface area contributed by atoms with Gasteiger partial charge in [-0.25, -0.2) is 8.42 Å². The number of carbonyl (C=O) groups is 2. The van der Waals surface area contributed by atoms with Crippen molar-refractivity contribution in [2.45, 2.75) is 11.9 Å². The van der Waals surface area contributed by atoms with Crippen molar-refractivity contribution in [3.8, 4) is 11.8 Å². The molecule has 1 heterocycles. The number of nitrogens with zero attached hydrogens (tertiary/aromatic N) is 2. The van der Waals surface area contributed by atoms with E-state index in [1.165, 1.54) is 30.5 Å². The average Bonchev–Trinajstić information content (AvgIpc) is 2.84. The molecule has 1 atom stereocenters. The van der Waals surface area contributed by atoms with Crippen LogP contribution in [0.25, 0.3) is 0 Å². The molecule has 4 N–H and O–H groups in total. The number of aromatic nitrogens is 1. The van der Waals surface area contributed by atoms with Gasteiger partial charge in [-0.1, -0.05) is 23.7 Å². The van der Waals surface area contributed by atoms with Crippen LogP contribution in [0.5, 0.6) is 5.75 Å². The van der Waals surface area contributed by atoms with Gasteiger partial charge in [-0.15, -0.1) is 0 Å². The fourth-order valence-corrected chi connectivity index (χ4v) is 4.38. The number of hydrogen-bond acceptors (Lipinski definition) is 8. The number of ether oxygens (including phenoxy) is 1. The SMILES string of the molecule is CS(=O)(=O)C(Nc1cc(Cl)cc(C(=O)NCc2ccc(C#N)cc2OCC(N)=O)c1)c1ccccn1. The van der Waals surface area contributed by atoms with Crippen LogP contribution in [0.3, 0.4) is 0 Å². The Labute approximate surface area is 213 Å². The number of pyridine rings is 1. The molecule has 0 spiro atoms. The second-order valence-corrected chi connectivity index (χ2v) is 10.3. The number of rotatable bonds is 10. The Hall–Kier alpha value is -4.14. The van der Waals surface area contributed by atoms with Crippen molar-refractivity contribution < 1.29 is 22.7 Å². The first kappa shape index (κ1) is 26.5. The van der Waals surface area contributed by atoms with Gasteiger partial charge in [0.1, 0.15) is 5.75 Å². The fourth-order valence-electron chi connectivity index (χ4n) is 3.22. The van der Waals surface area contributed by atoms with E-state index in [2.05, 4.69) is 15.6 Å². The Balaban J connectivity index is 1.80. The summed E-state index contributed by atoms with van der Waals surface area (Å²) < 4.78 is 30.2. The first-order valence-electron chi connectivity index (χ1n) is 10.5. The number of sulfone groups is 1. The summed E-state index contributed by atoms with van der Waals surface area (Å²) in [6.45, 7) is -0.384.